The van der Waals surface area contributed by atoms with Crippen LogP contribution < -0.4 is 5.73 Å². The highest BCUT2D eigenvalue weighted by atomic mass is 15.2. The van der Waals surface area contributed by atoms with E-state index in [9.17, 15) is 0 Å². The lowest BCUT2D eigenvalue weighted by atomic mass is 9.76. The van der Waals surface area contributed by atoms with Crippen molar-refractivity contribution >= 4 is 0 Å². The summed E-state index contributed by atoms with van der Waals surface area (Å²) in [6, 6.07) is 0. The van der Waals surface area contributed by atoms with Gasteiger partial charge in [0.15, 0.2) is 0 Å². The quantitative estimate of drug-likeness (QED) is 0.827. The molecule has 2 fully saturated rings. The summed E-state index contributed by atoms with van der Waals surface area (Å²) in [5, 5.41) is 0. The van der Waals surface area contributed by atoms with Crippen molar-refractivity contribution in [3.8, 4) is 0 Å². The van der Waals surface area contributed by atoms with E-state index in [2.05, 4.69) is 39.5 Å². The van der Waals surface area contributed by atoms with Crippen LogP contribution in [0.1, 0.15) is 73.1 Å². The normalized spacial score (nSPS) is 36.0. The highest BCUT2D eigenvalue weighted by molar-refractivity contribution is 5.02. The summed E-state index contributed by atoms with van der Waals surface area (Å²) in [5.74, 6) is 0.872. The Morgan fingerprint density at radius 2 is 1.80 bits per heavy atom. The van der Waals surface area contributed by atoms with E-state index in [-0.39, 0.29) is 0 Å². The molecule has 20 heavy (non-hydrogen) atoms. The first-order valence-corrected chi connectivity index (χ1v) is 8.64. The summed E-state index contributed by atoms with van der Waals surface area (Å²) in [7, 11) is 0. The molecule has 2 rings (SSSR count). The number of hydrogen-bond donors (Lipinski definition) is 1. The maximum Gasteiger partial charge on any atom is 0.0337 e. The van der Waals surface area contributed by atoms with Gasteiger partial charge in [-0.25, -0.2) is 0 Å². The van der Waals surface area contributed by atoms with Gasteiger partial charge in [-0.15, -0.1) is 0 Å². The first kappa shape index (κ1) is 16.3. The number of rotatable bonds is 2. The molecule has 0 amide bonds. The van der Waals surface area contributed by atoms with Gasteiger partial charge >= 0.3 is 0 Å². The molecule has 2 nitrogen and oxygen atoms in total. The van der Waals surface area contributed by atoms with E-state index in [1.807, 2.05) is 0 Å². The fraction of sp³-hybridized carbons (Fsp3) is 1.00. The zero-order valence-electron chi connectivity index (χ0n) is 14.5. The second kappa shape index (κ2) is 5.61. The van der Waals surface area contributed by atoms with Gasteiger partial charge in [-0.1, -0.05) is 34.6 Å². The molecule has 2 unspecified atom stereocenters. The van der Waals surface area contributed by atoms with E-state index < -0.39 is 0 Å². The Morgan fingerprint density at radius 1 is 1.10 bits per heavy atom. The molecule has 2 atom stereocenters. The van der Waals surface area contributed by atoms with Crippen molar-refractivity contribution in [3.05, 3.63) is 0 Å². The van der Waals surface area contributed by atoms with E-state index >= 15 is 0 Å². The van der Waals surface area contributed by atoms with Gasteiger partial charge in [-0.05, 0) is 68.4 Å². The maximum absolute atomic E-state index is 6.25. The molecule has 2 N–H and O–H groups in total. The topological polar surface area (TPSA) is 29.3 Å². The molecule has 1 saturated carbocycles. The van der Waals surface area contributed by atoms with Crippen LogP contribution in [0.25, 0.3) is 0 Å². The zero-order chi connectivity index (χ0) is 15.0. The molecule has 0 aromatic rings. The Hall–Kier alpha value is -0.0800. The SMILES string of the molecule is CC1(C)CCC(CN)(N2CCCC(C(C)(C)C)CC2)C1. The van der Waals surface area contributed by atoms with Crippen LogP contribution in [0.4, 0.5) is 0 Å². The average Bonchev–Trinajstić information content (AvgIpc) is 2.54. The number of likely N-dealkylation sites (tertiary alicyclic amines) is 1. The Balaban J connectivity index is 2.06. The van der Waals surface area contributed by atoms with Crippen LogP contribution in [-0.2, 0) is 0 Å². The van der Waals surface area contributed by atoms with Crippen molar-refractivity contribution in [1.82, 2.24) is 4.90 Å². The first-order chi connectivity index (χ1) is 9.19. The van der Waals surface area contributed by atoms with Gasteiger partial charge in [0.1, 0.15) is 0 Å². The van der Waals surface area contributed by atoms with Gasteiger partial charge < -0.3 is 5.73 Å². The molecule has 0 spiro atoms. The molecule has 0 aromatic heterocycles. The Kier molecular flexibility index (Phi) is 4.57. The largest absolute Gasteiger partial charge is 0.329 e. The first-order valence-electron chi connectivity index (χ1n) is 8.64. The molecular formula is C18H36N2. The molecule has 1 saturated heterocycles. The Morgan fingerprint density at radius 3 is 2.30 bits per heavy atom. The summed E-state index contributed by atoms with van der Waals surface area (Å²) in [4.78, 5) is 2.77. The number of nitrogens with zero attached hydrogens (tertiary/aromatic N) is 1. The molecular weight excluding hydrogens is 244 g/mol. The molecule has 1 heterocycles. The lowest BCUT2D eigenvalue weighted by Crippen LogP contribution is -2.53. The van der Waals surface area contributed by atoms with Gasteiger partial charge in [0.05, 0.1) is 0 Å². The van der Waals surface area contributed by atoms with Crippen LogP contribution in [0.5, 0.6) is 0 Å². The predicted molar refractivity (Wildman–Crippen MR) is 87.8 cm³/mol. The molecule has 2 heteroatoms. The summed E-state index contributed by atoms with van der Waals surface area (Å²) >= 11 is 0. The van der Waals surface area contributed by atoms with Gasteiger partial charge in [0.25, 0.3) is 0 Å². The lowest BCUT2D eigenvalue weighted by Gasteiger charge is -2.41. The van der Waals surface area contributed by atoms with Gasteiger partial charge in [-0.3, -0.25) is 4.90 Å². The van der Waals surface area contributed by atoms with Crippen LogP contribution in [-0.4, -0.2) is 30.1 Å². The van der Waals surface area contributed by atoms with Crippen molar-refractivity contribution in [3.63, 3.8) is 0 Å². The van der Waals surface area contributed by atoms with Crippen LogP contribution in [0.2, 0.25) is 0 Å². The zero-order valence-corrected chi connectivity index (χ0v) is 14.5. The van der Waals surface area contributed by atoms with E-state index in [0.29, 0.717) is 16.4 Å². The third kappa shape index (κ3) is 3.39. The highest BCUT2D eigenvalue weighted by Crippen LogP contribution is 2.47. The summed E-state index contributed by atoms with van der Waals surface area (Å²) in [6.45, 7) is 15.4. The van der Waals surface area contributed by atoms with Crippen LogP contribution in [0.15, 0.2) is 0 Å². The second-order valence-electron chi connectivity index (χ2n) is 9.25. The molecule has 2 aliphatic rings. The minimum atomic E-state index is 0.302. The average molecular weight is 281 g/mol. The summed E-state index contributed by atoms with van der Waals surface area (Å²) < 4.78 is 0. The van der Waals surface area contributed by atoms with Crippen LogP contribution in [0.3, 0.4) is 0 Å². The smallest absolute Gasteiger partial charge is 0.0337 e. The van der Waals surface area contributed by atoms with Crippen molar-refractivity contribution in [1.29, 1.82) is 0 Å². The van der Waals surface area contributed by atoms with Gasteiger partial charge in [0.2, 0.25) is 0 Å². The monoisotopic (exact) mass is 280 g/mol. The van der Waals surface area contributed by atoms with Gasteiger partial charge in [-0.2, -0.15) is 0 Å². The third-order valence-electron chi connectivity index (χ3n) is 6.08. The molecule has 118 valence electrons. The third-order valence-corrected chi connectivity index (χ3v) is 6.08. The molecule has 1 aliphatic carbocycles. The van der Waals surface area contributed by atoms with Crippen molar-refractivity contribution < 1.29 is 0 Å². The Bertz CT molecular complexity index is 329. The minimum Gasteiger partial charge on any atom is -0.329 e. The van der Waals surface area contributed by atoms with E-state index in [4.69, 9.17) is 5.73 Å². The summed E-state index contributed by atoms with van der Waals surface area (Å²) in [6.07, 6.45) is 8.02. The maximum atomic E-state index is 6.25. The van der Waals surface area contributed by atoms with Crippen LogP contribution in [0, 0.1) is 16.7 Å². The molecule has 0 radical (unpaired) electrons. The fourth-order valence-corrected chi connectivity index (χ4v) is 4.65. The Labute approximate surface area is 126 Å². The predicted octanol–water partition coefficient (Wildman–Crippen LogP) is 4.04. The summed E-state index contributed by atoms with van der Waals surface area (Å²) in [5.41, 5.74) is 7.49. The second-order valence-corrected chi connectivity index (χ2v) is 9.25. The number of hydrogen-bond acceptors (Lipinski definition) is 2. The van der Waals surface area contributed by atoms with E-state index in [1.54, 1.807) is 0 Å². The van der Waals surface area contributed by atoms with Crippen LogP contribution >= 0.6 is 0 Å². The van der Waals surface area contributed by atoms with Crippen molar-refractivity contribution in [2.45, 2.75) is 78.7 Å². The van der Waals surface area contributed by atoms with E-state index in [1.165, 1.54) is 51.6 Å². The van der Waals surface area contributed by atoms with Crippen molar-refractivity contribution in [2.24, 2.45) is 22.5 Å². The molecule has 0 aromatic carbocycles. The highest BCUT2D eigenvalue weighted by Gasteiger charge is 2.46. The molecule has 0 bridgehead atoms. The minimum absolute atomic E-state index is 0.302. The standard InChI is InChI=1S/C18H36N2/c1-16(2,3)15-7-6-11-20(12-8-15)18(14-19)10-9-17(4,5)13-18/h15H,6-14,19H2,1-5H3. The lowest BCUT2D eigenvalue weighted by molar-refractivity contribution is 0.0881. The van der Waals surface area contributed by atoms with Gasteiger partial charge in [0, 0.05) is 12.1 Å². The van der Waals surface area contributed by atoms with E-state index in [0.717, 1.165) is 12.5 Å². The molecule has 1 aliphatic heterocycles. The van der Waals surface area contributed by atoms with Crippen molar-refractivity contribution in [2.75, 3.05) is 19.6 Å². The number of nitrogens with two attached hydrogens (primary N) is 1. The fourth-order valence-electron chi connectivity index (χ4n) is 4.65.